The summed E-state index contributed by atoms with van der Waals surface area (Å²) >= 11 is 3.37. The predicted octanol–water partition coefficient (Wildman–Crippen LogP) is 4.19. The van der Waals surface area contributed by atoms with Crippen LogP contribution >= 0.6 is 15.9 Å². The molecule has 0 unspecified atom stereocenters. The van der Waals surface area contributed by atoms with Crippen molar-refractivity contribution in [3.63, 3.8) is 0 Å². The molecule has 0 atom stereocenters. The smallest absolute Gasteiger partial charge is 0.101 e. The Labute approximate surface area is 130 Å². The monoisotopic (exact) mass is 338 g/mol. The van der Waals surface area contributed by atoms with Crippen LogP contribution in [0.15, 0.2) is 53.1 Å². The third-order valence-corrected chi connectivity index (χ3v) is 3.67. The molecule has 21 heavy (non-hydrogen) atoms. The molecule has 5 heteroatoms. The van der Waals surface area contributed by atoms with Crippen LogP contribution in [0.5, 0.6) is 0 Å². The second-order valence-corrected chi connectivity index (χ2v) is 5.44. The zero-order chi connectivity index (χ0) is 14.8. The maximum atomic E-state index is 9.24. The highest BCUT2D eigenvalue weighted by Crippen LogP contribution is 2.30. The molecule has 2 aromatic carbocycles. The molecule has 0 aliphatic carbocycles. The Hall–Kier alpha value is -2.58. The lowest BCUT2D eigenvalue weighted by molar-refractivity contribution is 1.40. The van der Waals surface area contributed by atoms with Crippen molar-refractivity contribution in [1.82, 2.24) is 4.98 Å². The van der Waals surface area contributed by atoms with Crippen molar-refractivity contribution in [1.29, 1.82) is 5.26 Å². The van der Waals surface area contributed by atoms with Crippen LogP contribution in [0.4, 0.5) is 17.1 Å². The molecule has 1 heterocycles. The van der Waals surface area contributed by atoms with Gasteiger partial charge >= 0.3 is 0 Å². The number of nitriles is 1. The van der Waals surface area contributed by atoms with Crippen molar-refractivity contribution in [3.05, 3.63) is 58.7 Å². The molecular formula is C16H11BrN4. The van der Waals surface area contributed by atoms with E-state index in [1.54, 1.807) is 12.3 Å². The summed E-state index contributed by atoms with van der Waals surface area (Å²) in [6.07, 6.45) is 1.70. The Kier molecular flexibility index (Phi) is 3.46. The van der Waals surface area contributed by atoms with E-state index in [-0.39, 0.29) is 0 Å². The quantitative estimate of drug-likeness (QED) is 0.687. The van der Waals surface area contributed by atoms with Crippen LogP contribution in [0.25, 0.3) is 10.9 Å². The first-order valence-corrected chi connectivity index (χ1v) is 7.08. The third kappa shape index (κ3) is 2.54. The number of para-hydroxylation sites is 1. The lowest BCUT2D eigenvalue weighted by Crippen LogP contribution is -1.97. The van der Waals surface area contributed by atoms with Crippen molar-refractivity contribution in [3.8, 4) is 6.07 Å². The molecule has 0 amide bonds. The van der Waals surface area contributed by atoms with Crippen LogP contribution in [0.2, 0.25) is 0 Å². The SMILES string of the molecule is N#Cc1cc(Br)ccc1Nc1ccnc2c(N)cccc12. The largest absolute Gasteiger partial charge is 0.397 e. The molecule has 0 spiro atoms. The van der Waals surface area contributed by atoms with Gasteiger partial charge in [-0.25, -0.2) is 0 Å². The summed E-state index contributed by atoms with van der Waals surface area (Å²) < 4.78 is 0.869. The molecule has 102 valence electrons. The summed E-state index contributed by atoms with van der Waals surface area (Å²) in [7, 11) is 0. The minimum atomic E-state index is 0.568. The maximum absolute atomic E-state index is 9.24. The number of anilines is 3. The molecule has 0 fully saturated rings. The van der Waals surface area contributed by atoms with Gasteiger partial charge < -0.3 is 11.1 Å². The molecule has 0 radical (unpaired) electrons. The van der Waals surface area contributed by atoms with Gasteiger partial charge in [-0.05, 0) is 30.3 Å². The van der Waals surface area contributed by atoms with Gasteiger partial charge in [0.1, 0.15) is 6.07 Å². The highest BCUT2D eigenvalue weighted by atomic mass is 79.9. The zero-order valence-electron chi connectivity index (χ0n) is 11.0. The number of benzene rings is 2. The van der Waals surface area contributed by atoms with E-state index in [9.17, 15) is 5.26 Å². The van der Waals surface area contributed by atoms with Crippen LogP contribution in [0, 0.1) is 11.3 Å². The number of nitrogen functional groups attached to an aromatic ring is 1. The molecule has 1 aromatic heterocycles. The fraction of sp³-hybridized carbons (Fsp3) is 0. The maximum Gasteiger partial charge on any atom is 0.101 e. The highest BCUT2D eigenvalue weighted by Gasteiger charge is 2.07. The van der Waals surface area contributed by atoms with E-state index in [1.807, 2.05) is 36.4 Å². The standard InChI is InChI=1S/C16H11BrN4/c17-11-4-5-14(10(8-11)9-18)21-15-6-7-20-16-12(15)2-1-3-13(16)19/h1-8H,19H2,(H,20,21). The average Bonchev–Trinajstić information content (AvgIpc) is 2.50. The molecular weight excluding hydrogens is 328 g/mol. The number of hydrogen-bond donors (Lipinski definition) is 2. The van der Waals surface area contributed by atoms with Gasteiger partial charge in [0, 0.05) is 21.7 Å². The summed E-state index contributed by atoms with van der Waals surface area (Å²) in [4.78, 5) is 4.30. The summed E-state index contributed by atoms with van der Waals surface area (Å²) in [5.41, 5.74) is 9.51. The Bertz CT molecular complexity index is 868. The number of pyridine rings is 1. The van der Waals surface area contributed by atoms with E-state index in [0.29, 0.717) is 11.3 Å². The first-order valence-electron chi connectivity index (χ1n) is 6.29. The van der Waals surface area contributed by atoms with Gasteiger partial charge in [-0.1, -0.05) is 28.1 Å². The Morgan fingerprint density at radius 2 is 2.00 bits per heavy atom. The predicted molar refractivity (Wildman–Crippen MR) is 88.3 cm³/mol. The summed E-state index contributed by atoms with van der Waals surface area (Å²) in [5.74, 6) is 0. The number of fused-ring (bicyclic) bond motifs is 1. The average molecular weight is 339 g/mol. The Morgan fingerprint density at radius 3 is 2.81 bits per heavy atom. The Morgan fingerprint density at radius 1 is 1.14 bits per heavy atom. The van der Waals surface area contributed by atoms with E-state index in [2.05, 4.69) is 32.3 Å². The molecule has 3 aromatic rings. The molecule has 0 saturated heterocycles. The fourth-order valence-electron chi connectivity index (χ4n) is 2.17. The van der Waals surface area contributed by atoms with Gasteiger partial charge in [0.25, 0.3) is 0 Å². The summed E-state index contributed by atoms with van der Waals surface area (Å²) in [6, 6.07) is 15.2. The van der Waals surface area contributed by atoms with Crippen LogP contribution in [0.1, 0.15) is 5.56 Å². The molecule has 0 aliphatic rings. The molecule has 3 N–H and O–H groups in total. The zero-order valence-corrected chi connectivity index (χ0v) is 12.6. The molecule has 0 bridgehead atoms. The minimum Gasteiger partial charge on any atom is -0.397 e. The second kappa shape index (κ2) is 5.43. The first kappa shape index (κ1) is 13.4. The highest BCUT2D eigenvalue weighted by molar-refractivity contribution is 9.10. The summed E-state index contributed by atoms with van der Waals surface area (Å²) in [5, 5.41) is 13.4. The van der Waals surface area contributed by atoms with Gasteiger partial charge in [0.2, 0.25) is 0 Å². The van der Waals surface area contributed by atoms with Crippen molar-refractivity contribution in [2.45, 2.75) is 0 Å². The molecule has 0 aliphatic heterocycles. The molecule has 4 nitrogen and oxygen atoms in total. The number of rotatable bonds is 2. The van der Waals surface area contributed by atoms with E-state index in [4.69, 9.17) is 5.73 Å². The number of aromatic nitrogens is 1. The van der Waals surface area contributed by atoms with E-state index >= 15 is 0 Å². The number of nitrogens with zero attached hydrogens (tertiary/aromatic N) is 2. The van der Waals surface area contributed by atoms with Gasteiger partial charge in [-0.15, -0.1) is 0 Å². The number of halogens is 1. The van der Waals surface area contributed by atoms with E-state index in [0.717, 1.165) is 26.8 Å². The lowest BCUT2D eigenvalue weighted by atomic mass is 10.1. The second-order valence-electron chi connectivity index (χ2n) is 4.53. The summed E-state index contributed by atoms with van der Waals surface area (Å²) in [6.45, 7) is 0. The van der Waals surface area contributed by atoms with Crippen molar-refractivity contribution in [2.24, 2.45) is 0 Å². The topological polar surface area (TPSA) is 74.7 Å². The number of hydrogen-bond acceptors (Lipinski definition) is 4. The van der Waals surface area contributed by atoms with Gasteiger partial charge in [0.15, 0.2) is 0 Å². The molecule has 0 saturated carbocycles. The third-order valence-electron chi connectivity index (χ3n) is 3.17. The van der Waals surface area contributed by atoms with Gasteiger partial charge in [-0.3, -0.25) is 4.98 Å². The normalized spacial score (nSPS) is 10.3. The van der Waals surface area contributed by atoms with Gasteiger partial charge in [-0.2, -0.15) is 5.26 Å². The van der Waals surface area contributed by atoms with Crippen molar-refractivity contribution < 1.29 is 0 Å². The van der Waals surface area contributed by atoms with Gasteiger partial charge in [0.05, 0.1) is 22.5 Å². The van der Waals surface area contributed by atoms with Crippen molar-refractivity contribution >= 4 is 43.9 Å². The number of nitrogens with two attached hydrogens (primary N) is 1. The minimum absolute atomic E-state index is 0.568. The van der Waals surface area contributed by atoms with Crippen LogP contribution in [0.3, 0.4) is 0 Å². The van der Waals surface area contributed by atoms with E-state index < -0.39 is 0 Å². The molecule has 3 rings (SSSR count). The lowest BCUT2D eigenvalue weighted by Gasteiger charge is -2.11. The van der Waals surface area contributed by atoms with Crippen LogP contribution in [-0.2, 0) is 0 Å². The van der Waals surface area contributed by atoms with Crippen LogP contribution in [-0.4, -0.2) is 4.98 Å². The fourth-order valence-corrected chi connectivity index (χ4v) is 2.53. The van der Waals surface area contributed by atoms with Crippen molar-refractivity contribution in [2.75, 3.05) is 11.1 Å². The Balaban J connectivity index is 2.11. The first-order chi connectivity index (χ1) is 10.2. The van der Waals surface area contributed by atoms with Crippen LogP contribution < -0.4 is 11.1 Å². The number of nitrogens with one attached hydrogen (secondary N) is 1. The van der Waals surface area contributed by atoms with E-state index in [1.165, 1.54) is 0 Å².